The summed E-state index contributed by atoms with van der Waals surface area (Å²) in [7, 11) is 0. The number of aromatic nitrogens is 1. The van der Waals surface area contributed by atoms with E-state index in [4.69, 9.17) is 9.15 Å². The molecule has 5 rings (SSSR count). The first-order chi connectivity index (χ1) is 14.1. The van der Waals surface area contributed by atoms with Crippen molar-refractivity contribution in [2.24, 2.45) is 5.92 Å². The number of carbonyl (C=O) groups excluding carboxylic acids is 1. The zero-order valence-electron chi connectivity index (χ0n) is 15.8. The zero-order valence-corrected chi connectivity index (χ0v) is 15.8. The molecule has 7 heteroatoms. The first kappa shape index (κ1) is 18.0. The Morgan fingerprint density at radius 1 is 1.24 bits per heavy atom. The molecule has 7 nitrogen and oxygen atoms in total. The summed E-state index contributed by atoms with van der Waals surface area (Å²) >= 11 is 0. The van der Waals surface area contributed by atoms with E-state index in [9.17, 15) is 14.7 Å². The minimum atomic E-state index is -0.549. The molecule has 0 radical (unpaired) electrons. The second-order valence-electron chi connectivity index (χ2n) is 7.82. The number of carbonyl (C=O) groups is 1. The third-order valence-corrected chi connectivity index (χ3v) is 5.89. The summed E-state index contributed by atoms with van der Waals surface area (Å²) in [5, 5.41) is 12.9. The lowest BCUT2D eigenvalue weighted by atomic mass is 9.75. The van der Waals surface area contributed by atoms with E-state index in [1.54, 1.807) is 24.3 Å². The van der Waals surface area contributed by atoms with Crippen LogP contribution in [0.4, 0.5) is 0 Å². The molecule has 2 heterocycles. The highest BCUT2D eigenvalue weighted by Gasteiger charge is 2.36. The lowest BCUT2D eigenvalue weighted by Gasteiger charge is -2.38. The number of ether oxygens (including phenoxy) is 1. The predicted octanol–water partition coefficient (Wildman–Crippen LogP) is 2.16. The van der Waals surface area contributed by atoms with Crippen LogP contribution in [0.3, 0.4) is 0 Å². The molecule has 2 aromatic carbocycles. The van der Waals surface area contributed by atoms with Crippen molar-refractivity contribution < 1.29 is 19.1 Å². The molecule has 1 aromatic heterocycles. The molecular formula is C22H22N2O5. The first-order valence-corrected chi connectivity index (χ1v) is 9.90. The smallest absolute Gasteiger partial charge is 0.420 e. The lowest BCUT2D eigenvalue weighted by Crippen LogP contribution is -2.42. The Kier molecular flexibility index (Phi) is 4.39. The highest BCUT2D eigenvalue weighted by Crippen LogP contribution is 2.39. The van der Waals surface area contributed by atoms with Crippen LogP contribution in [0.5, 0.6) is 5.75 Å². The van der Waals surface area contributed by atoms with Gasteiger partial charge in [0.2, 0.25) is 5.91 Å². The summed E-state index contributed by atoms with van der Waals surface area (Å²) in [6, 6.07) is 12.8. The molecule has 0 bridgehead atoms. The Morgan fingerprint density at radius 3 is 2.90 bits per heavy atom. The fourth-order valence-corrected chi connectivity index (χ4v) is 4.30. The number of fused-ring (bicyclic) bond motifs is 2. The van der Waals surface area contributed by atoms with Crippen molar-refractivity contribution in [1.29, 1.82) is 0 Å². The largest absolute Gasteiger partial charge is 0.493 e. The van der Waals surface area contributed by atoms with E-state index in [1.807, 2.05) is 12.1 Å². The molecule has 0 unspecified atom stereocenters. The average molecular weight is 394 g/mol. The molecule has 1 saturated carbocycles. The summed E-state index contributed by atoms with van der Waals surface area (Å²) in [6.07, 6.45) is 1.82. The van der Waals surface area contributed by atoms with E-state index in [1.165, 1.54) is 4.57 Å². The number of aliphatic hydroxyl groups is 1. The van der Waals surface area contributed by atoms with Crippen molar-refractivity contribution in [2.45, 2.75) is 38.0 Å². The fourth-order valence-electron chi connectivity index (χ4n) is 4.30. The normalized spacial score (nSPS) is 21.3. The Bertz CT molecular complexity index is 1130. The van der Waals surface area contributed by atoms with E-state index in [2.05, 4.69) is 11.4 Å². The van der Waals surface area contributed by atoms with Gasteiger partial charge in [0.1, 0.15) is 12.3 Å². The molecule has 2 N–H and O–H groups in total. The van der Waals surface area contributed by atoms with Crippen molar-refractivity contribution >= 4 is 17.0 Å². The van der Waals surface area contributed by atoms with Crippen LogP contribution in [0.15, 0.2) is 51.7 Å². The number of hydrogen-bond donors (Lipinski definition) is 2. The number of amides is 1. The third kappa shape index (κ3) is 3.31. The molecular weight excluding hydrogens is 372 g/mol. The number of rotatable bonds is 5. The van der Waals surface area contributed by atoms with Gasteiger partial charge >= 0.3 is 5.76 Å². The van der Waals surface area contributed by atoms with Crippen LogP contribution < -0.4 is 15.8 Å². The second-order valence-corrected chi connectivity index (χ2v) is 7.82. The Labute approximate surface area is 166 Å². The number of hydrogen-bond acceptors (Lipinski definition) is 5. The quantitative estimate of drug-likeness (QED) is 0.692. The van der Waals surface area contributed by atoms with E-state index in [0.717, 1.165) is 23.3 Å². The molecule has 150 valence electrons. The third-order valence-electron chi connectivity index (χ3n) is 5.89. The van der Waals surface area contributed by atoms with Gasteiger partial charge in [-0.15, -0.1) is 0 Å². The van der Waals surface area contributed by atoms with Crippen LogP contribution in [0.1, 0.15) is 30.0 Å². The fraction of sp³-hybridized carbons (Fsp3) is 0.364. The molecule has 1 aliphatic heterocycles. The summed E-state index contributed by atoms with van der Waals surface area (Å²) in [5.74, 6) is 0.240. The van der Waals surface area contributed by atoms with Gasteiger partial charge in [-0.25, -0.2) is 4.79 Å². The molecule has 1 fully saturated rings. The van der Waals surface area contributed by atoms with Gasteiger partial charge in [0, 0.05) is 6.42 Å². The van der Waals surface area contributed by atoms with Crippen molar-refractivity contribution in [2.75, 3.05) is 6.61 Å². The minimum Gasteiger partial charge on any atom is -0.493 e. The monoisotopic (exact) mass is 394 g/mol. The number of nitrogens with one attached hydrogen (secondary N) is 1. The topological polar surface area (TPSA) is 93.7 Å². The maximum atomic E-state index is 12.9. The van der Waals surface area contributed by atoms with E-state index < -0.39 is 5.76 Å². The maximum absolute atomic E-state index is 12.9. The Balaban J connectivity index is 1.39. The summed E-state index contributed by atoms with van der Waals surface area (Å²) in [6.45, 7) is 0.560. The molecule has 0 spiro atoms. The standard InChI is InChI=1S/C22H22N2O5/c25-16-10-15(11-16)21(14-5-6-18-13(9-14)7-8-28-18)23-20(26)12-24-17-3-1-2-4-19(17)29-22(24)27/h1-6,9,15-16,21,25H,7-8,10-12H2,(H,23,26)/t15?,16?,21-/m0/s1. The highest BCUT2D eigenvalue weighted by molar-refractivity contribution is 5.79. The molecule has 1 aliphatic carbocycles. The molecule has 29 heavy (non-hydrogen) atoms. The Morgan fingerprint density at radius 2 is 2.07 bits per heavy atom. The van der Waals surface area contributed by atoms with Crippen LogP contribution in [0, 0.1) is 5.92 Å². The van der Waals surface area contributed by atoms with Gasteiger partial charge < -0.3 is 19.6 Å². The van der Waals surface area contributed by atoms with Gasteiger partial charge in [0.15, 0.2) is 5.58 Å². The van der Waals surface area contributed by atoms with Gasteiger partial charge in [-0.05, 0) is 54.2 Å². The van der Waals surface area contributed by atoms with Crippen LogP contribution in [-0.4, -0.2) is 28.3 Å². The summed E-state index contributed by atoms with van der Waals surface area (Å²) in [5.41, 5.74) is 3.20. The number of nitrogens with zero attached hydrogens (tertiary/aromatic N) is 1. The lowest BCUT2D eigenvalue weighted by molar-refractivity contribution is -0.123. The van der Waals surface area contributed by atoms with Gasteiger partial charge in [0.25, 0.3) is 0 Å². The SMILES string of the molecule is O=C(Cn1c(=O)oc2ccccc21)N[C@@H](c1ccc2c(c1)CCO2)C1CC(O)C1. The van der Waals surface area contributed by atoms with E-state index in [-0.39, 0.29) is 30.5 Å². The minimum absolute atomic E-state index is 0.115. The number of benzene rings is 2. The van der Waals surface area contributed by atoms with Gasteiger partial charge in [-0.3, -0.25) is 9.36 Å². The van der Waals surface area contributed by atoms with Crippen LogP contribution in [-0.2, 0) is 17.8 Å². The predicted molar refractivity (Wildman–Crippen MR) is 106 cm³/mol. The van der Waals surface area contributed by atoms with Crippen molar-refractivity contribution in [3.05, 3.63) is 64.1 Å². The van der Waals surface area contributed by atoms with Gasteiger partial charge in [-0.1, -0.05) is 18.2 Å². The average Bonchev–Trinajstić information content (AvgIpc) is 3.28. The zero-order chi connectivity index (χ0) is 20.0. The van der Waals surface area contributed by atoms with Gasteiger partial charge in [0.05, 0.1) is 24.3 Å². The van der Waals surface area contributed by atoms with Crippen molar-refractivity contribution in [3.63, 3.8) is 0 Å². The molecule has 1 amide bonds. The molecule has 2 aliphatic rings. The summed E-state index contributed by atoms with van der Waals surface area (Å²) in [4.78, 5) is 25.0. The molecule has 0 saturated heterocycles. The Hall–Kier alpha value is -3.06. The first-order valence-electron chi connectivity index (χ1n) is 9.90. The van der Waals surface area contributed by atoms with Crippen LogP contribution >= 0.6 is 0 Å². The number of aliphatic hydroxyl groups excluding tert-OH is 1. The maximum Gasteiger partial charge on any atom is 0.420 e. The molecule has 3 aromatic rings. The summed E-state index contributed by atoms with van der Waals surface area (Å²) < 4.78 is 12.1. The second kappa shape index (κ2) is 7.08. The van der Waals surface area contributed by atoms with Crippen molar-refractivity contribution in [3.8, 4) is 5.75 Å². The van der Waals surface area contributed by atoms with E-state index in [0.29, 0.717) is 30.5 Å². The number of para-hydroxylation sites is 2. The number of oxazole rings is 1. The van der Waals surface area contributed by atoms with Crippen molar-refractivity contribution in [1.82, 2.24) is 9.88 Å². The van der Waals surface area contributed by atoms with Crippen LogP contribution in [0.25, 0.3) is 11.1 Å². The van der Waals surface area contributed by atoms with E-state index >= 15 is 0 Å². The molecule has 1 atom stereocenters. The highest BCUT2D eigenvalue weighted by atomic mass is 16.5. The van der Waals surface area contributed by atoms with Gasteiger partial charge in [-0.2, -0.15) is 0 Å². The van der Waals surface area contributed by atoms with Crippen LogP contribution in [0.2, 0.25) is 0 Å².